The van der Waals surface area contributed by atoms with E-state index >= 15 is 0 Å². The highest BCUT2D eigenvalue weighted by Gasteiger charge is 2.08. The molecule has 0 aliphatic carbocycles. The van der Waals surface area contributed by atoms with E-state index in [2.05, 4.69) is 22.5 Å². The molecule has 0 bridgehead atoms. The fourth-order valence-corrected chi connectivity index (χ4v) is 3.23. The number of aromatic nitrogens is 1. The summed E-state index contributed by atoms with van der Waals surface area (Å²) in [6.07, 6.45) is 1.58. The summed E-state index contributed by atoms with van der Waals surface area (Å²) in [5, 5.41) is 15.0. The number of benzene rings is 1. The van der Waals surface area contributed by atoms with Crippen molar-refractivity contribution in [2.75, 3.05) is 6.54 Å². The van der Waals surface area contributed by atoms with Crippen molar-refractivity contribution in [1.82, 2.24) is 15.6 Å². The van der Waals surface area contributed by atoms with Gasteiger partial charge in [-0.25, -0.2) is 14.2 Å². The Labute approximate surface area is 144 Å². The van der Waals surface area contributed by atoms with Gasteiger partial charge in [-0.1, -0.05) is 13.0 Å². The third kappa shape index (κ3) is 4.77. The largest absolute Gasteiger partial charge is 0.338 e. The average molecular weight is 346 g/mol. The van der Waals surface area contributed by atoms with Crippen molar-refractivity contribution in [3.8, 4) is 6.07 Å². The zero-order valence-corrected chi connectivity index (χ0v) is 14.5. The van der Waals surface area contributed by atoms with Crippen LogP contribution < -0.4 is 10.6 Å². The van der Waals surface area contributed by atoms with Crippen molar-refractivity contribution in [3.63, 3.8) is 0 Å². The molecule has 2 rings (SSSR count). The maximum absolute atomic E-state index is 13.7. The van der Waals surface area contributed by atoms with Gasteiger partial charge in [0.25, 0.3) is 0 Å². The number of nitrogens with zero attached hydrogens (tertiary/aromatic N) is 2. The number of rotatable bonds is 6. The minimum atomic E-state index is -0.500. The van der Waals surface area contributed by atoms with Crippen LogP contribution in [-0.2, 0) is 19.4 Å². The molecule has 0 aliphatic rings. The smallest absolute Gasteiger partial charge is 0.315 e. The molecule has 1 aromatic carbocycles. The van der Waals surface area contributed by atoms with Gasteiger partial charge in [-0.3, -0.25) is 0 Å². The number of hydrogen-bond acceptors (Lipinski definition) is 4. The molecule has 0 atom stereocenters. The molecule has 1 heterocycles. The lowest BCUT2D eigenvalue weighted by atomic mass is 10.1. The van der Waals surface area contributed by atoms with Crippen LogP contribution >= 0.6 is 11.3 Å². The van der Waals surface area contributed by atoms with E-state index in [0.717, 1.165) is 23.2 Å². The van der Waals surface area contributed by atoms with Gasteiger partial charge >= 0.3 is 6.03 Å². The molecule has 0 fully saturated rings. The normalized spacial score (nSPS) is 10.2. The van der Waals surface area contributed by atoms with Crippen LogP contribution in [0, 0.1) is 24.1 Å². The van der Waals surface area contributed by atoms with E-state index in [9.17, 15) is 9.18 Å². The van der Waals surface area contributed by atoms with Crippen molar-refractivity contribution in [2.45, 2.75) is 33.2 Å². The fraction of sp³-hybridized carbons (Fsp3) is 0.353. The maximum atomic E-state index is 13.7. The van der Waals surface area contributed by atoms with Crippen molar-refractivity contribution >= 4 is 17.4 Å². The number of nitriles is 1. The molecule has 2 N–H and O–H groups in total. The second-order valence-corrected chi connectivity index (χ2v) is 6.53. The van der Waals surface area contributed by atoms with Crippen LogP contribution in [0.1, 0.15) is 33.6 Å². The second kappa shape index (κ2) is 8.41. The summed E-state index contributed by atoms with van der Waals surface area (Å²) in [5.41, 5.74) is 1.70. The highest BCUT2D eigenvalue weighted by atomic mass is 32.1. The monoisotopic (exact) mass is 346 g/mol. The van der Waals surface area contributed by atoms with Crippen molar-refractivity contribution in [2.24, 2.45) is 0 Å². The van der Waals surface area contributed by atoms with Gasteiger partial charge in [-0.05, 0) is 25.5 Å². The summed E-state index contributed by atoms with van der Waals surface area (Å²) in [4.78, 5) is 17.5. The predicted molar refractivity (Wildman–Crippen MR) is 91.3 cm³/mol. The number of hydrogen-bond donors (Lipinski definition) is 2. The SMILES string of the molecule is CCc1nc(CCNC(=O)NCc2ccc(C#N)cc2F)sc1C. The Balaban J connectivity index is 1.76. The standard InChI is InChI=1S/C17H19FN4OS/c1-3-15-11(2)24-16(22-15)6-7-20-17(23)21-10-13-5-4-12(9-19)8-14(13)18/h4-5,8H,3,6-7,10H2,1-2H3,(H2,20,21,23). The van der Waals surface area contributed by atoms with Crippen LogP contribution in [-0.4, -0.2) is 17.6 Å². The first kappa shape index (κ1) is 17.9. The molecule has 2 amide bonds. The first-order valence-electron chi connectivity index (χ1n) is 7.69. The number of amides is 2. The van der Waals surface area contributed by atoms with Crippen LogP contribution in [0.2, 0.25) is 0 Å². The molecule has 0 unspecified atom stereocenters. The number of thiazole rings is 1. The van der Waals surface area contributed by atoms with E-state index in [-0.39, 0.29) is 18.1 Å². The summed E-state index contributed by atoms with van der Waals surface area (Å²) in [5.74, 6) is -0.500. The molecule has 126 valence electrons. The van der Waals surface area contributed by atoms with Gasteiger partial charge in [0.15, 0.2) is 0 Å². The number of nitrogens with one attached hydrogen (secondary N) is 2. The molecule has 0 saturated carbocycles. The number of aryl methyl sites for hydroxylation is 2. The summed E-state index contributed by atoms with van der Waals surface area (Å²) >= 11 is 1.65. The highest BCUT2D eigenvalue weighted by molar-refractivity contribution is 7.11. The molecule has 24 heavy (non-hydrogen) atoms. The highest BCUT2D eigenvalue weighted by Crippen LogP contribution is 2.17. The number of carbonyl (C=O) groups excluding carboxylic acids is 1. The van der Waals surface area contributed by atoms with Gasteiger partial charge in [-0.15, -0.1) is 11.3 Å². The lowest BCUT2D eigenvalue weighted by Crippen LogP contribution is -2.36. The Morgan fingerprint density at radius 3 is 2.83 bits per heavy atom. The summed E-state index contributed by atoms with van der Waals surface area (Å²) in [6, 6.07) is 5.69. The molecule has 0 saturated heterocycles. The van der Waals surface area contributed by atoms with Crippen molar-refractivity contribution in [3.05, 3.63) is 50.7 Å². The van der Waals surface area contributed by atoms with Crippen LogP contribution in [0.25, 0.3) is 0 Å². The van der Waals surface area contributed by atoms with Gasteiger partial charge in [0.05, 0.1) is 22.3 Å². The topological polar surface area (TPSA) is 77.8 Å². The Hall–Kier alpha value is -2.46. The zero-order valence-electron chi connectivity index (χ0n) is 13.6. The zero-order chi connectivity index (χ0) is 17.5. The molecule has 2 aromatic rings. The average Bonchev–Trinajstić information content (AvgIpc) is 2.93. The van der Waals surface area contributed by atoms with Gasteiger partial charge in [0, 0.05) is 30.0 Å². The number of urea groups is 1. The molecular weight excluding hydrogens is 327 g/mol. The Morgan fingerprint density at radius 1 is 1.42 bits per heavy atom. The minimum Gasteiger partial charge on any atom is -0.338 e. The van der Waals surface area contributed by atoms with Crippen LogP contribution in [0.3, 0.4) is 0 Å². The van der Waals surface area contributed by atoms with E-state index in [1.54, 1.807) is 11.3 Å². The number of halogens is 1. The van der Waals surface area contributed by atoms with E-state index in [4.69, 9.17) is 5.26 Å². The molecule has 1 aromatic heterocycles. The first-order valence-corrected chi connectivity index (χ1v) is 8.50. The molecule has 7 heteroatoms. The molecular formula is C17H19FN4OS. The summed E-state index contributed by atoms with van der Waals surface area (Å²) in [7, 11) is 0. The van der Waals surface area contributed by atoms with Gasteiger partial charge in [-0.2, -0.15) is 5.26 Å². The lowest BCUT2D eigenvalue weighted by Gasteiger charge is -2.08. The van der Waals surface area contributed by atoms with Crippen LogP contribution in [0.4, 0.5) is 9.18 Å². The number of carbonyl (C=O) groups is 1. The summed E-state index contributed by atoms with van der Waals surface area (Å²) < 4.78 is 13.7. The third-order valence-corrected chi connectivity index (χ3v) is 4.59. The van der Waals surface area contributed by atoms with E-state index in [1.807, 2.05) is 13.0 Å². The van der Waals surface area contributed by atoms with Gasteiger partial charge in [0.1, 0.15) is 5.82 Å². The lowest BCUT2D eigenvalue weighted by molar-refractivity contribution is 0.240. The van der Waals surface area contributed by atoms with Crippen LogP contribution in [0.5, 0.6) is 0 Å². The quantitative estimate of drug-likeness (QED) is 0.844. The van der Waals surface area contributed by atoms with Crippen LogP contribution in [0.15, 0.2) is 18.2 Å². The Morgan fingerprint density at radius 2 is 2.21 bits per heavy atom. The predicted octanol–water partition coefficient (Wildman–Crippen LogP) is 3.07. The van der Waals surface area contributed by atoms with E-state index in [0.29, 0.717) is 18.5 Å². The molecule has 0 spiro atoms. The molecule has 0 aliphatic heterocycles. The second-order valence-electron chi connectivity index (χ2n) is 5.24. The minimum absolute atomic E-state index is 0.0692. The van der Waals surface area contributed by atoms with Gasteiger partial charge in [0.2, 0.25) is 0 Å². The Bertz CT molecular complexity index is 766. The first-order chi connectivity index (χ1) is 11.5. The van der Waals surface area contributed by atoms with Gasteiger partial charge < -0.3 is 10.6 Å². The third-order valence-electron chi connectivity index (χ3n) is 3.52. The van der Waals surface area contributed by atoms with E-state index in [1.165, 1.54) is 17.0 Å². The Kier molecular flexibility index (Phi) is 6.27. The summed E-state index contributed by atoms with van der Waals surface area (Å²) in [6.45, 7) is 4.66. The maximum Gasteiger partial charge on any atom is 0.315 e. The fourth-order valence-electron chi connectivity index (χ4n) is 2.20. The van der Waals surface area contributed by atoms with Crippen molar-refractivity contribution < 1.29 is 9.18 Å². The van der Waals surface area contributed by atoms with Crippen molar-refractivity contribution in [1.29, 1.82) is 5.26 Å². The van der Waals surface area contributed by atoms with E-state index < -0.39 is 5.82 Å². The molecule has 0 radical (unpaired) electrons. The molecule has 5 nitrogen and oxygen atoms in total.